The first-order valence-electron chi connectivity index (χ1n) is 10.2. The Labute approximate surface area is 183 Å². The van der Waals surface area contributed by atoms with Gasteiger partial charge in [0.15, 0.2) is 0 Å². The van der Waals surface area contributed by atoms with Gasteiger partial charge in [-0.05, 0) is 51.0 Å². The molecule has 3 heterocycles. The van der Waals surface area contributed by atoms with E-state index in [1.165, 1.54) is 23.5 Å². The molecule has 2 aromatic heterocycles. The van der Waals surface area contributed by atoms with Crippen LogP contribution in [0.15, 0.2) is 24.3 Å². The zero-order valence-electron chi connectivity index (χ0n) is 17.7. The van der Waals surface area contributed by atoms with E-state index in [4.69, 9.17) is 4.98 Å². The number of thiazole rings is 1. The van der Waals surface area contributed by atoms with Gasteiger partial charge in [0.25, 0.3) is 11.8 Å². The summed E-state index contributed by atoms with van der Waals surface area (Å²) in [5.41, 5.74) is 2.31. The van der Waals surface area contributed by atoms with E-state index in [2.05, 4.69) is 15.3 Å². The first-order chi connectivity index (χ1) is 14.9. The maximum atomic E-state index is 13.3. The van der Waals surface area contributed by atoms with E-state index >= 15 is 0 Å². The summed E-state index contributed by atoms with van der Waals surface area (Å²) >= 11 is 1.43. The highest BCUT2D eigenvalue weighted by atomic mass is 32.1. The fraction of sp³-hybridized carbons (Fsp3) is 0.364. The van der Waals surface area contributed by atoms with Crippen LogP contribution >= 0.6 is 11.3 Å². The number of aryl methyl sites for hydroxylation is 2. The number of likely N-dealkylation sites (tertiary alicyclic amines) is 1. The number of hydrogen-bond acceptors (Lipinski definition) is 5. The summed E-state index contributed by atoms with van der Waals surface area (Å²) in [5.74, 6) is 0.228. The Morgan fingerprint density at radius 3 is 2.42 bits per heavy atom. The summed E-state index contributed by atoms with van der Waals surface area (Å²) in [6.45, 7) is 4.99. The van der Waals surface area contributed by atoms with Gasteiger partial charge in [-0.15, -0.1) is 11.3 Å². The number of aromatic amines is 1. The van der Waals surface area contributed by atoms with Crippen LogP contribution in [0, 0.1) is 19.7 Å². The van der Waals surface area contributed by atoms with E-state index in [1.54, 1.807) is 19.2 Å². The van der Waals surface area contributed by atoms with Gasteiger partial charge in [-0.1, -0.05) is 0 Å². The van der Waals surface area contributed by atoms with Gasteiger partial charge in [0.05, 0.1) is 10.7 Å². The lowest BCUT2D eigenvalue weighted by Crippen LogP contribution is -2.38. The third kappa shape index (κ3) is 4.23. The highest BCUT2D eigenvalue weighted by Gasteiger charge is 2.29. The van der Waals surface area contributed by atoms with Crippen molar-refractivity contribution < 1.29 is 14.0 Å². The lowest BCUT2D eigenvalue weighted by molar-refractivity contribution is 0.0715. The van der Waals surface area contributed by atoms with Crippen LogP contribution in [-0.4, -0.2) is 51.8 Å². The van der Waals surface area contributed by atoms with Gasteiger partial charge in [0, 0.05) is 31.6 Å². The molecule has 0 atom stereocenters. The lowest BCUT2D eigenvalue weighted by Gasteiger charge is -2.31. The minimum absolute atomic E-state index is 0.0269. The predicted molar refractivity (Wildman–Crippen MR) is 117 cm³/mol. The van der Waals surface area contributed by atoms with Crippen LogP contribution in [0.5, 0.6) is 0 Å². The van der Waals surface area contributed by atoms with Crippen LogP contribution in [-0.2, 0) is 0 Å². The van der Waals surface area contributed by atoms with Crippen LogP contribution in [0.1, 0.15) is 55.4 Å². The molecule has 1 aliphatic rings. The van der Waals surface area contributed by atoms with Crippen molar-refractivity contribution in [2.45, 2.75) is 32.6 Å². The number of nitrogens with one attached hydrogen (secondary N) is 2. The quantitative estimate of drug-likeness (QED) is 0.646. The molecule has 4 rings (SSSR count). The van der Waals surface area contributed by atoms with E-state index in [-0.39, 0.29) is 23.5 Å². The summed E-state index contributed by atoms with van der Waals surface area (Å²) in [7, 11) is 1.56. The van der Waals surface area contributed by atoms with Crippen LogP contribution < -0.4 is 5.32 Å². The zero-order chi connectivity index (χ0) is 22.1. The number of amides is 2. The first kappa shape index (κ1) is 21.2. The van der Waals surface area contributed by atoms with Crippen LogP contribution in [0.3, 0.4) is 0 Å². The van der Waals surface area contributed by atoms with Gasteiger partial charge in [0.1, 0.15) is 27.9 Å². The Balaban J connectivity index is 1.53. The molecular formula is C22H24FN5O2S. The molecule has 1 saturated heterocycles. The van der Waals surface area contributed by atoms with Crippen molar-refractivity contribution in [1.82, 2.24) is 25.2 Å². The molecule has 0 unspecified atom stereocenters. The maximum Gasteiger partial charge on any atom is 0.269 e. The monoisotopic (exact) mass is 441 g/mol. The second kappa shape index (κ2) is 8.58. The molecule has 0 radical (unpaired) electrons. The molecule has 1 aromatic carbocycles. The molecule has 0 spiro atoms. The fourth-order valence-electron chi connectivity index (χ4n) is 3.92. The Bertz CT molecular complexity index is 1110. The largest absolute Gasteiger partial charge is 0.354 e. The molecule has 162 valence electrons. The van der Waals surface area contributed by atoms with Crippen molar-refractivity contribution in [3.63, 3.8) is 0 Å². The van der Waals surface area contributed by atoms with Gasteiger partial charge in [-0.25, -0.2) is 14.4 Å². The molecule has 0 aliphatic carbocycles. The molecule has 7 nitrogen and oxygen atoms in total. The number of halogens is 1. The van der Waals surface area contributed by atoms with Crippen molar-refractivity contribution in [3.05, 3.63) is 57.2 Å². The van der Waals surface area contributed by atoms with Gasteiger partial charge in [0.2, 0.25) is 0 Å². The number of rotatable bonds is 4. The van der Waals surface area contributed by atoms with Crippen molar-refractivity contribution in [1.29, 1.82) is 0 Å². The van der Waals surface area contributed by atoms with Gasteiger partial charge >= 0.3 is 0 Å². The second-order valence-corrected chi connectivity index (χ2v) is 8.85. The molecule has 2 N–H and O–H groups in total. The highest BCUT2D eigenvalue weighted by molar-refractivity contribution is 7.13. The Kier molecular flexibility index (Phi) is 5.86. The average molecular weight is 442 g/mol. The van der Waals surface area contributed by atoms with Gasteiger partial charge < -0.3 is 15.2 Å². The number of hydrogen-bond donors (Lipinski definition) is 2. The average Bonchev–Trinajstić information content (AvgIpc) is 3.36. The van der Waals surface area contributed by atoms with E-state index < -0.39 is 0 Å². The van der Waals surface area contributed by atoms with Crippen molar-refractivity contribution in [2.24, 2.45) is 0 Å². The maximum absolute atomic E-state index is 13.3. The summed E-state index contributed by atoms with van der Waals surface area (Å²) in [6, 6.07) is 5.93. The summed E-state index contributed by atoms with van der Waals surface area (Å²) in [4.78, 5) is 40.0. The second-order valence-electron chi connectivity index (χ2n) is 7.65. The Hall–Kier alpha value is -3.07. The van der Waals surface area contributed by atoms with Crippen LogP contribution in [0.4, 0.5) is 4.39 Å². The third-order valence-corrected chi connectivity index (χ3v) is 6.62. The smallest absolute Gasteiger partial charge is 0.269 e. The molecule has 31 heavy (non-hydrogen) atoms. The third-order valence-electron chi connectivity index (χ3n) is 5.56. The molecule has 9 heteroatoms. The SMILES string of the molecule is CNC(=O)c1[nH]c(C2CCN(C(=O)c3sc(C)nc3C)CC2)nc1-c1ccc(F)cc1. The van der Waals surface area contributed by atoms with Crippen molar-refractivity contribution in [2.75, 3.05) is 20.1 Å². The number of aromatic nitrogens is 3. The minimum Gasteiger partial charge on any atom is -0.354 e. The summed E-state index contributed by atoms with van der Waals surface area (Å²) in [5, 5.41) is 3.51. The molecule has 0 bridgehead atoms. The Morgan fingerprint density at radius 2 is 1.84 bits per heavy atom. The topological polar surface area (TPSA) is 91.0 Å². The van der Waals surface area contributed by atoms with Gasteiger partial charge in [-0.2, -0.15) is 0 Å². The normalized spacial score (nSPS) is 14.6. The molecule has 1 aliphatic heterocycles. The molecule has 3 aromatic rings. The standard InChI is InChI=1S/C22H24FN5O2S/c1-12-19(31-13(2)25-12)22(30)28-10-8-15(9-11-28)20-26-17(18(27-20)21(29)24-3)14-4-6-16(23)7-5-14/h4-7,15H,8-11H2,1-3H3,(H,24,29)(H,26,27). The summed E-state index contributed by atoms with van der Waals surface area (Å²) < 4.78 is 13.3. The van der Waals surface area contributed by atoms with E-state index in [1.807, 2.05) is 18.7 Å². The molecule has 2 amide bonds. The Morgan fingerprint density at radius 1 is 1.16 bits per heavy atom. The highest BCUT2D eigenvalue weighted by Crippen LogP contribution is 2.31. The van der Waals surface area contributed by atoms with Crippen LogP contribution in [0.25, 0.3) is 11.3 Å². The number of carbonyl (C=O) groups is 2. The van der Waals surface area contributed by atoms with Crippen molar-refractivity contribution in [3.8, 4) is 11.3 Å². The number of nitrogens with zero attached hydrogens (tertiary/aromatic N) is 3. The number of H-pyrrole nitrogens is 1. The zero-order valence-corrected chi connectivity index (χ0v) is 18.5. The number of carbonyl (C=O) groups excluding carboxylic acids is 2. The molecule has 0 saturated carbocycles. The van der Waals surface area contributed by atoms with E-state index in [0.29, 0.717) is 34.9 Å². The fourth-order valence-corrected chi connectivity index (χ4v) is 4.81. The van der Waals surface area contributed by atoms with Crippen LogP contribution in [0.2, 0.25) is 0 Å². The number of piperidine rings is 1. The lowest BCUT2D eigenvalue weighted by atomic mass is 9.96. The van der Waals surface area contributed by atoms with Crippen molar-refractivity contribution >= 4 is 23.2 Å². The predicted octanol–water partition coefficient (Wildman–Crippen LogP) is 3.67. The summed E-state index contributed by atoms with van der Waals surface area (Å²) in [6.07, 6.45) is 1.48. The number of benzene rings is 1. The minimum atomic E-state index is -0.343. The first-order valence-corrected chi connectivity index (χ1v) is 11.0. The van der Waals surface area contributed by atoms with E-state index in [9.17, 15) is 14.0 Å². The van der Waals surface area contributed by atoms with E-state index in [0.717, 1.165) is 29.4 Å². The number of imidazole rings is 1. The molecule has 1 fully saturated rings. The van der Waals surface area contributed by atoms with Gasteiger partial charge in [-0.3, -0.25) is 9.59 Å². The molecular weight excluding hydrogens is 417 g/mol.